The van der Waals surface area contributed by atoms with Crippen molar-refractivity contribution >= 4 is 54.4 Å². The monoisotopic (exact) mass is 479 g/mol. The number of fused-ring (bicyclic) bond motifs is 1. The highest BCUT2D eigenvalue weighted by atomic mass is 79.9. The van der Waals surface area contributed by atoms with Crippen LogP contribution in [0.3, 0.4) is 0 Å². The first-order valence-electron chi connectivity index (χ1n) is 7.70. The summed E-state index contributed by atoms with van der Waals surface area (Å²) < 4.78 is 6.99. The van der Waals surface area contributed by atoms with Crippen LogP contribution in [0.15, 0.2) is 49.5 Å². The average molecular weight is 481 g/mol. The Bertz CT molecular complexity index is 1000. The first-order valence-corrected chi connectivity index (χ1v) is 9.28. The Hall–Kier alpha value is -2.19. The molecule has 0 radical (unpaired) electrons. The number of para-hydroxylation sites is 1. The Morgan fingerprint density at radius 2 is 1.92 bits per heavy atom. The van der Waals surface area contributed by atoms with Gasteiger partial charge in [-0.1, -0.05) is 18.2 Å². The summed E-state index contributed by atoms with van der Waals surface area (Å²) in [4.78, 5) is 14.9. The SMILES string of the molecule is Cc1cc(Br)c(OCC(=O)N=Nc2c(O)[nH]c3c(C)cccc23)c(Br)c1. The second-order valence-corrected chi connectivity index (χ2v) is 7.47. The third-order valence-corrected chi connectivity index (χ3v) is 4.92. The number of ether oxygens (including phenoxy) is 1. The third kappa shape index (κ3) is 3.81. The summed E-state index contributed by atoms with van der Waals surface area (Å²) in [6.07, 6.45) is 0. The molecule has 8 heteroatoms. The van der Waals surface area contributed by atoms with Gasteiger partial charge in [0.05, 0.1) is 14.5 Å². The summed E-state index contributed by atoms with van der Waals surface area (Å²) in [6, 6.07) is 9.34. The first-order chi connectivity index (χ1) is 12.4. The molecule has 0 fully saturated rings. The number of aryl methyl sites for hydroxylation is 2. The van der Waals surface area contributed by atoms with Gasteiger partial charge in [-0.05, 0) is 69.0 Å². The molecule has 0 unspecified atom stereocenters. The number of carbonyl (C=O) groups excluding carboxylic acids is 1. The highest BCUT2D eigenvalue weighted by Gasteiger charge is 2.13. The number of halogens is 2. The van der Waals surface area contributed by atoms with E-state index in [1.165, 1.54) is 0 Å². The van der Waals surface area contributed by atoms with Crippen molar-refractivity contribution in [1.82, 2.24) is 4.98 Å². The van der Waals surface area contributed by atoms with Crippen LogP contribution >= 0.6 is 31.9 Å². The molecular formula is C18H15Br2N3O3. The zero-order chi connectivity index (χ0) is 18.8. The lowest BCUT2D eigenvalue weighted by Crippen LogP contribution is -2.08. The van der Waals surface area contributed by atoms with Crippen LogP contribution < -0.4 is 4.74 Å². The molecule has 0 spiro atoms. The molecule has 0 aliphatic rings. The van der Waals surface area contributed by atoms with E-state index in [0.29, 0.717) is 11.1 Å². The number of nitrogens with zero attached hydrogens (tertiary/aromatic N) is 2. The molecule has 26 heavy (non-hydrogen) atoms. The van der Waals surface area contributed by atoms with Crippen molar-refractivity contribution in [2.45, 2.75) is 13.8 Å². The van der Waals surface area contributed by atoms with Gasteiger partial charge in [-0.2, -0.15) is 0 Å². The number of nitrogens with one attached hydrogen (secondary N) is 1. The Kier molecular flexibility index (Phi) is 5.43. The standard InChI is InChI=1S/C18H15Br2N3O3/c1-9-6-12(19)17(13(20)7-9)26-8-14(24)22-23-16-11-5-3-4-10(2)15(11)21-18(16)25/h3-7,21,25H,8H2,1-2H3. The van der Waals surface area contributed by atoms with Crippen LogP contribution in [0.1, 0.15) is 11.1 Å². The van der Waals surface area contributed by atoms with Gasteiger partial charge in [0.1, 0.15) is 5.75 Å². The molecule has 1 amide bonds. The van der Waals surface area contributed by atoms with Crippen molar-refractivity contribution in [2.24, 2.45) is 10.2 Å². The fourth-order valence-electron chi connectivity index (χ4n) is 2.53. The molecule has 3 rings (SSSR count). The van der Waals surface area contributed by atoms with Crippen LogP contribution in [0.25, 0.3) is 10.9 Å². The molecule has 6 nitrogen and oxygen atoms in total. The minimum absolute atomic E-state index is 0.129. The number of H-pyrrole nitrogens is 1. The molecule has 0 aliphatic heterocycles. The molecule has 1 aromatic heterocycles. The second kappa shape index (κ2) is 7.59. The van der Waals surface area contributed by atoms with Gasteiger partial charge in [-0.3, -0.25) is 4.79 Å². The van der Waals surface area contributed by atoms with E-state index in [1.807, 2.05) is 38.1 Å². The zero-order valence-electron chi connectivity index (χ0n) is 14.0. The van der Waals surface area contributed by atoms with Gasteiger partial charge in [0, 0.05) is 5.39 Å². The first kappa shape index (κ1) is 18.6. The fourth-order valence-corrected chi connectivity index (χ4v) is 4.17. The van der Waals surface area contributed by atoms with Crippen molar-refractivity contribution in [1.29, 1.82) is 0 Å². The second-order valence-electron chi connectivity index (χ2n) is 5.76. The molecule has 2 N–H and O–H groups in total. The summed E-state index contributed by atoms with van der Waals surface area (Å²) >= 11 is 6.81. The fraction of sp³-hybridized carbons (Fsp3) is 0.167. The van der Waals surface area contributed by atoms with E-state index in [4.69, 9.17) is 4.74 Å². The Morgan fingerprint density at radius 3 is 2.62 bits per heavy atom. The minimum atomic E-state index is -0.564. The van der Waals surface area contributed by atoms with Crippen LogP contribution in [-0.4, -0.2) is 22.6 Å². The number of azo groups is 1. The van der Waals surface area contributed by atoms with E-state index < -0.39 is 5.91 Å². The van der Waals surface area contributed by atoms with E-state index in [0.717, 1.165) is 25.6 Å². The Balaban J connectivity index is 1.75. The summed E-state index contributed by atoms with van der Waals surface area (Å²) in [5, 5.41) is 18.3. The normalized spacial score (nSPS) is 11.4. The number of aromatic nitrogens is 1. The number of hydrogen-bond donors (Lipinski definition) is 2. The molecular weight excluding hydrogens is 466 g/mol. The predicted molar refractivity (Wildman–Crippen MR) is 106 cm³/mol. The molecule has 3 aromatic rings. The quantitative estimate of drug-likeness (QED) is 0.469. The molecule has 1 heterocycles. The zero-order valence-corrected chi connectivity index (χ0v) is 17.2. The summed E-state index contributed by atoms with van der Waals surface area (Å²) in [6.45, 7) is 3.59. The van der Waals surface area contributed by atoms with Crippen molar-refractivity contribution < 1.29 is 14.6 Å². The lowest BCUT2D eigenvalue weighted by molar-refractivity contribution is -0.120. The topological polar surface area (TPSA) is 87.0 Å². The Labute approximate surface area is 166 Å². The van der Waals surface area contributed by atoms with Crippen LogP contribution in [0.4, 0.5) is 5.69 Å². The van der Waals surface area contributed by atoms with E-state index in [-0.39, 0.29) is 18.2 Å². The van der Waals surface area contributed by atoms with Gasteiger partial charge in [0.2, 0.25) is 5.88 Å². The lowest BCUT2D eigenvalue weighted by atomic mass is 10.1. The average Bonchev–Trinajstić information content (AvgIpc) is 2.89. The van der Waals surface area contributed by atoms with E-state index >= 15 is 0 Å². The van der Waals surface area contributed by atoms with Crippen molar-refractivity contribution in [3.63, 3.8) is 0 Å². The predicted octanol–water partition coefficient (Wildman–Crippen LogP) is 5.70. The lowest BCUT2D eigenvalue weighted by Gasteiger charge is -2.09. The van der Waals surface area contributed by atoms with Gasteiger partial charge in [0.15, 0.2) is 12.3 Å². The maximum atomic E-state index is 12.0. The molecule has 0 bridgehead atoms. The largest absolute Gasteiger partial charge is 0.493 e. The van der Waals surface area contributed by atoms with Gasteiger partial charge in [0.25, 0.3) is 0 Å². The van der Waals surface area contributed by atoms with Gasteiger partial charge >= 0.3 is 5.91 Å². The Morgan fingerprint density at radius 1 is 1.23 bits per heavy atom. The summed E-state index contributed by atoms with van der Waals surface area (Å²) in [5.74, 6) is -0.175. The van der Waals surface area contributed by atoms with Crippen LogP contribution in [0.5, 0.6) is 11.6 Å². The van der Waals surface area contributed by atoms with Crippen molar-refractivity contribution in [2.75, 3.05) is 6.61 Å². The molecule has 0 atom stereocenters. The van der Waals surface area contributed by atoms with Gasteiger partial charge in [-0.25, -0.2) is 0 Å². The van der Waals surface area contributed by atoms with Crippen molar-refractivity contribution in [3.05, 3.63) is 50.4 Å². The van der Waals surface area contributed by atoms with Crippen LogP contribution in [-0.2, 0) is 4.79 Å². The van der Waals surface area contributed by atoms with E-state index in [1.54, 1.807) is 6.07 Å². The number of carbonyl (C=O) groups is 1. The van der Waals surface area contributed by atoms with Gasteiger partial charge in [-0.15, -0.1) is 10.2 Å². The third-order valence-electron chi connectivity index (χ3n) is 3.74. The number of aromatic amines is 1. The van der Waals surface area contributed by atoms with Gasteiger partial charge < -0.3 is 14.8 Å². The van der Waals surface area contributed by atoms with Crippen LogP contribution in [0.2, 0.25) is 0 Å². The molecule has 0 saturated carbocycles. The summed E-state index contributed by atoms with van der Waals surface area (Å²) in [7, 11) is 0. The smallest absolute Gasteiger partial charge is 0.302 e. The highest BCUT2D eigenvalue weighted by molar-refractivity contribution is 9.11. The number of rotatable bonds is 4. The molecule has 0 saturated heterocycles. The number of benzene rings is 2. The maximum absolute atomic E-state index is 12.0. The van der Waals surface area contributed by atoms with Crippen molar-refractivity contribution in [3.8, 4) is 11.6 Å². The molecule has 134 valence electrons. The molecule has 2 aromatic carbocycles. The highest BCUT2D eigenvalue weighted by Crippen LogP contribution is 2.37. The number of hydrogen-bond acceptors (Lipinski definition) is 4. The maximum Gasteiger partial charge on any atom is 0.302 e. The number of aromatic hydroxyl groups is 1. The van der Waals surface area contributed by atoms with Crippen LogP contribution in [0, 0.1) is 13.8 Å². The molecule has 0 aliphatic carbocycles. The summed E-state index contributed by atoms with van der Waals surface area (Å²) in [5.41, 5.74) is 3.00. The number of amides is 1. The minimum Gasteiger partial charge on any atom is -0.493 e. The van der Waals surface area contributed by atoms with E-state index in [9.17, 15) is 9.90 Å². The van der Waals surface area contributed by atoms with E-state index in [2.05, 4.69) is 47.1 Å².